The van der Waals surface area contributed by atoms with E-state index in [-0.39, 0.29) is 7.43 Å². The molecule has 0 spiro atoms. The van der Waals surface area contributed by atoms with E-state index in [1.165, 1.54) is 12.7 Å². The second-order valence-electron chi connectivity index (χ2n) is 1.18. The second-order valence-corrected chi connectivity index (χ2v) is 1.18. The molecule has 46 valence electrons. The Bertz CT molecular complexity index is 125. The van der Waals surface area contributed by atoms with Gasteiger partial charge >= 0.3 is 0 Å². The molecular weight excluding hydrogens is 104 g/mol. The van der Waals surface area contributed by atoms with Gasteiger partial charge in [-0.25, -0.2) is 4.98 Å². The number of nitrogens with zero attached hydrogens (tertiary/aromatic N) is 1. The first-order valence-corrected chi connectivity index (χ1v) is 2.00. The first-order valence-electron chi connectivity index (χ1n) is 2.00. The van der Waals surface area contributed by atoms with Crippen LogP contribution in [-0.4, -0.2) is 4.98 Å². The zero-order valence-electron chi connectivity index (χ0n) is 3.79. The summed E-state index contributed by atoms with van der Waals surface area (Å²) in [7, 11) is 0. The van der Waals surface area contributed by atoms with Gasteiger partial charge in [0.2, 0.25) is 0 Å². The smallest absolute Gasteiger partial charge is 0.180 e. The number of nitrogens with two attached hydrogens (primary N) is 1. The Morgan fingerprint density at radius 3 is 2.75 bits per heavy atom. The molecule has 0 aliphatic heterocycles. The van der Waals surface area contributed by atoms with E-state index in [2.05, 4.69) is 9.40 Å². The lowest BCUT2D eigenvalue weighted by Gasteiger charge is -1.76. The fraction of sp³-hybridized carbons (Fsp3) is 0.400. The van der Waals surface area contributed by atoms with Crippen LogP contribution in [0.1, 0.15) is 13.1 Å². The quantitative estimate of drug-likeness (QED) is 0.586. The molecule has 0 unspecified atom stereocenters. The molecule has 1 aromatic rings. The van der Waals surface area contributed by atoms with Crippen LogP contribution in [0.25, 0.3) is 0 Å². The summed E-state index contributed by atoms with van der Waals surface area (Å²) < 4.78 is 4.61. The number of hydrogen-bond donors (Lipinski definition) is 1. The molecule has 1 rings (SSSR count). The molecule has 0 atom stereocenters. The predicted molar refractivity (Wildman–Crippen MR) is 31.1 cm³/mol. The Labute approximate surface area is 48.5 Å². The number of oxazole rings is 1. The molecule has 0 aromatic carbocycles. The fourth-order valence-corrected chi connectivity index (χ4v) is 0.338. The zero-order chi connectivity index (χ0) is 5.11. The van der Waals surface area contributed by atoms with Crippen molar-refractivity contribution < 1.29 is 4.42 Å². The highest BCUT2D eigenvalue weighted by atomic mass is 16.3. The molecule has 1 heterocycles. The van der Waals surface area contributed by atoms with Crippen LogP contribution < -0.4 is 5.73 Å². The minimum atomic E-state index is 0. The molecule has 2 N–H and O–H groups in total. The Kier molecular flexibility index (Phi) is 2.88. The lowest BCUT2D eigenvalue weighted by Crippen LogP contribution is -1.94. The van der Waals surface area contributed by atoms with Gasteiger partial charge in [-0.05, 0) is 0 Å². The molecule has 0 aliphatic carbocycles. The van der Waals surface area contributed by atoms with E-state index < -0.39 is 0 Å². The van der Waals surface area contributed by atoms with E-state index in [1.54, 1.807) is 0 Å². The first kappa shape index (κ1) is 7.17. The molecule has 0 amide bonds. The summed E-state index contributed by atoms with van der Waals surface area (Å²) in [5.74, 6) is 0. The van der Waals surface area contributed by atoms with Gasteiger partial charge in [0, 0.05) is 6.54 Å². The highest BCUT2D eigenvalue weighted by Gasteiger charge is 1.85. The third-order valence-electron chi connectivity index (χ3n) is 0.693. The van der Waals surface area contributed by atoms with Crippen LogP contribution >= 0.6 is 0 Å². The molecule has 0 saturated heterocycles. The fourth-order valence-electron chi connectivity index (χ4n) is 0.338. The summed E-state index contributed by atoms with van der Waals surface area (Å²) in [5.41, 5.74) is 5.96. The number of aromatic nitrogens is 1. The van der Waals surface area contributed by atoms with Crippen molar-refractivity contribution in [3.63, 3.8) is 0 Å². The molecule has 0 radical (unpaired) electrons. The van der Waals surface area contributed by atoms with E-state index in [0.29, 0.717) is 6.54 Å². The third kappa shape index (κ3) is 1.35. The maximum absolute atomic E-state index is 5.17. The van der Waals surface area contributed by atoms with Crippen LogP contribution in [0, 0.1) is 0 Å². The van der Waals surface area contributed by atoms with E-state index >= 15 is 0 Å². The number of rotatable bonds is 1. The van der Waals surface area contributed by atoms with E-state index in [9.17, 15) is 0 Å². The number of hydrogen-bond acceptors (Lipinski definition) is 3. The zero-order valence-corrected chi connectivity index (χ0v) is 3.79. The summed E-state index contributed by atoms with van der Waals surface area (Å²) in [6.07, 6.45) is 2.89. The largest absolute Gasteiger partial charge is 0.451 e. The van der Waals surface area contributed by atoms with Crippen molar-refractivity contribution in [2.24, 2.45) is 5.73 Å². The van der Waals surface area contributed by atoms with Crippen molar-refractivity contribution in [2.45, 2.75) is 14.0 Å². The molecule has 3 nitrogen and oxygen atoms in total. The molecule has 0 bridgehead atoms. The van der Waals surface area contributed by atoms with Crippen molar-refractivity contribution in [3.8, 4) is 0 Å². The van der Waals surface area contributed by atoms with Gasteiger partial charge in [0.15, 0.2) is 6.39 Å². The van der Waals surface area contributed by atoms with Crippen LogP contribution in [0.15, 0.2) is 17.1 Å². The molecular formula is C5H10N2O. The normalized spacial score (nSPS) is 8.12. The molecule has 0 saturated carbocycles. The minimum Gasteiger partial charge on any atom is -0.451 e. The summed E-state index contributed by atoms with van der Waals surface area (Å²) in [6.45, 7) is 0.455. The van der Waals surface area contributed by atoms with Crippen molar-refractivity contribution in [1.82, 2.24) is 4.98 Å². The Balaban J connectivity index is 0.000000490. The van der Waals surface area contributed by atoms with E-state index in [0.717, 1.165) is 5.69 Å². The van der Waals surface area contributed by atoms with Crippen LogP contribution in [-0.2, 0) is 6.54 Å². The van der Waals surface area contributed by atoms with Crippen LogP contribution in [0.2, 0.25) is 0 Å². The van der Waals surface area contributed by atoms with Gasteiger partial charge in [0.05, 0.1) is 5.69 Å². The Morgan fingerprint density at radius 1 is 1.75 bits per heavy atom. The second kappa shape index (κ2) is 3.21. The first-order chi connectivity index (χ1) is 3.43. The predicted octanol–water partition coefficient (Wildman–Crippen LogP) is 0.769. The molecule has 0 aliphatic rings. The molecule has 1 aromatic heterocycles. The van der Waals surface area contributed by atoms with Gasteiger partial charge < -0.3 is 10.2 Å². The van der Waals surface area contributed by atoms with Crippen LogP contribution in [0.3, 0.4) is 0 Å². The third-order valence-corrected chi connectivity index (χ3v) is 0.693. The average Bonchev–Trinajstić information content (AvgIpc) is 2.14. The molecule has 3 heteroatoms. The molecule has 8 heavy (non-hydrogen) atoms. The summed E-state index contributed by atoms with van der Waals surface area (Å²) in [6, 6.07) is 0. The van der Waals surface area contributed by atoms with Crippen molar-refractivity contribution in [1.29, 1.82) is 0 Å². The van der Waals surface area contributed by atoms with Gasteiger partial charge in [0.25, 0.3) is 0 Å². The standard InChI is InChI=1S/C4H6N2O.CH4/c5-1-4-2-7-3-6-4;/h2-3H,1,5H2;1H4. The monoisotopic (exact) mass is 114 g/mol. The van der Waals surface area contributed by atoms with Gasteiger partial charge in [-0.3, -0.25) is 0 Å². The van der Waals surface area contributed by atoms with Gasteiger partial charge in [-0.2, -0.15) is 0 Å². The van der Waals surface area contributed by atoms with Gasteiger partial charge in [0.1, 0.15) is 6.26 Å². The van der Waals surface area contributed by atoms with E-state index in [4.69, 9.17) is 5.73 Å². The Hall–Kier alpha value is -0.830. The van der Waals surface area contributed by atoms with Crippen LogP contribution in [0.4, 0.5) is 0 Å². The van der Waals surface area contributed by atoms with Crippen molar-refractivity contribution in [2.75, 3.05) is 0 Å². The summed E-state index contributed by atoms with van der Waals surface area (Å²) in [5, 5.41) is 0. The summed E-state index contributed by atoms with van der Waals surface area (Å²) in [4.78, 5) is 3.74. The SMILES string of the molecule is C.NCc1cocn1. The van der Waals surface area contributed by atoms with Crippen molar-refractivity contribution in [3.05, 3.63) is 18.4 Å². The summed E-state index contributed by atoms with van der Waals surface area (Å²) >= 11 is 0. The highest BCUT2D eigenvalue weighted by Crippen LogP contribution is 1.88. The lowest BCUT2D eigenvalue weighted by atomic mass is 10.5. The minimum absolute atomic E-state index is 0. The maximum Gasteiger partial charge on any atom is 0.180 e. The highest BCUT2D eigenvalue weighted by molar-refractivity contribution is 4.87. The Morgan fingerprint density at radius 2 is 2.50 bits per heavy atom. The lowest BCUT2D eigenvalue weighted by molar-refractivity contribution is 0.556. The van der Waals surface area contributed by atoms with E-state index in [1.807, 2.05) is 0 Å². The average molecular weight is 114 g/mol. The van der Waals surface area contributed by atoms with Crippen molar-refractivity contribution >= 4 is 0 Å². The maximum atomic E-state index is 5.17. The molecule has 0 fully saturated rings. The van der Waals surface area contributed by atoms with Gasteiger partial charge in [-0.1, -0.05) is 7.43 Å². The van der Waals surface area contributed by atoms with Gasteiger partial charge in [-0.15, -0.1) is 0 Å². The van der Waals surface area contributed by atoms with Crippen LogP contribution in [0.5, 0.6) is 0 Å². The topological polar surface area (TPSA) is 52.0 Å².